The van der Waals surface area contributed by atoms with Crippen molar-refractivity contribution in [3.8, 4) is 5.75 Å². The summed E-state index contributed by atoms with van der Waals surface area (Å²) < 4.78 is 5.48. The molecule has 2 unspecified atom stereocenters. The van der Waals surface area contributed by atoms with Crippen molar-refractivity contribution < 1.29 is 19.1 Å². The zero-order valence-electron chi connectivity index (χ0n) is 22.3. The SMILES string of the molecule is CCC(c1cccc(C(=O)N[C@H](C(=O)NCc2ccccn2)C(C)CC)c1)c1c(O)c2ccccc2oc1=O. The number of nitrogens with zero attached hydrogens (tertiary/aromatic N) is 1. The van der Waals surface area contributed by atoms with E-state index in [0.717, 1.165) is 5.69 Å². The number of carbonyl (C=O) groups excluding carboxylic acids is 2. The second-order valence-electron chi connectivity index (χ2n) is 9.61. The summed E-state index contributed by atoms with van der Waals surface area (Å²) in [5.74, 6) is -1.41. The maximum Gasteiger partial charge on any atom is 0.343 e. The lowest BCUT2D eigenvalue weighted by Gasteiger charge is -2.24. The van der Waals surface area contributed by atoms with E-state index in [2.05, 4.69) is 15.6 Å². The third-order valence-electron chi connectivity index (χ3n) is 7.08. The molecule has 0 spiro atoms. The number of fused-ring (bicyclic) bond motifs is 1. The molecule has 0 aliphatic rings. The van der Waals surface area contributed by atoms with Crippen LogP contribution in [0.3, 0.4) is 0 Å². The van der Waals surface area contributed by atoms with Gasteiger partial charge in [0.2, 0.25) is 5.91 Å². The van der Waals surface area contributed by atoms with Crippen molar-refractivity contribution in [3.05, 3.63) is 106 Å². The van der Waals surface area contributed by atoms with E-state index in [0.29, 0.717) is 34.9 Å². The highest BCUT2D eigenvalue weighted by atomic mass is 16.4. The van der Waals surface area contributed by atoms with Crippen LogP contribution in [0.15, 0.2) is 82.1 Å². The van der Waals surface area contributed by atoms with Gasteiger partial charge in [-0.15, -0.1) is 0 Å². The number of amides is 2. The molecule has 2 amide bonds. The Balaban J connectivity index is 1.58. The summed E-state index contributed by atoms with van der Waals surface area (Å²) in [5.41, 5.74) is 1.60. The molecule has 0 saturated heterocycles. The van der Waals surface area contributed by atoms with E-state index in [4.69, 9.17) is 4.42 Å². The molecule has 8 nitrogen and oxygen atoms in total. The summed E-state index contributed by atoms with van der Waals surface area (Å²) in [6, 6.07) is 18.4. The number of rotatable bonds is 10. The third kappa shape index (κ3) is 6.17. The van der Waals surface area contributed by atoms with Crippen LogP contribution in [0.1, 0.15) is 66.7 Å². The molecule has 0 saturated carbocycles. The molecular weight excluding hydrogens is 494 g/mol. The van der Waals surface area contributed by atoms with Gasteiger partial charge in [-0.2, -0.15) is 0 Å². The smallest absolute Gasteiger partial charge is 0.343 e. The Morgan fingerprint density at radius 2 is 1.77 bits per heavy atom. The van der Waals surface area contributed by atoms with E-state index in [1.165, 1.54) is 0 Å². The zero-order chi connectivity index (χ0) is 27.9. The molecule has 4 rings (SSSR count). The normalized spacial score (nSPS) is 13.4. The fraction of sp³-hybridized carbons (Fsp3) is 0.290. The quantitative estimate of drug-likeness (QED) is 0.252. The van der Waals surface area contributed by atoms with Gasteiger partial charge >= 0.3 is 5.63 Å². The van der Waals surface area contributed by atoms with Gasteiger partial charge in [-0.3, -0.25) is 14.6 Å². The maximum absolute atomic E-state index is 13.3. The third-order valence-corrected chi connectivity index (χ3v) is 7.08. The average molecular weight is 528 g/mol. The molecule has 0 aliphatic heterocycles. The molecule has 39 heavy (non-hydrogen) atoms. The molecule has 3 N–H and O–H groups in total. The van der Waals surface area contributed by atoms with Gasteiger partial charge in [0.15, 0.2) is 0 Å². The monoisotopic (exact) mass is 527 g/mol. The van der Waals surface area contributed by atoms with Gasteiger partial charge in [-0.05, 0) is 54.3 Å². The predicted octanol–water partition coefficient (Wildman–Crippen LogP) is 4.90. The van der Waals surface area contributed by atoms with Crippen LogP contribution in [0.5, 0.6) is 5.75 Å². The number of hydrogen-bond acceptors (Lipinski definition) is 6. The second-order valence-corrected chi connectivity index (χ2v) is 9.61. The number of aromatic nitrogens is 1. The van der Waals surface area contributed by atoms with Gasteiger partial charge in [-0.25, -0.2) is 4.79 Å². The topological polar surface area (TPSA) is 122 Å². The first-order chi connectivity index (χ1) is 18.8. The highest BCUT2D eigenvalue weighted by molar-refractivity contribution is 5.97. The molecule has 0 fully saturated rings. The van der Waals surface area contributed by atoms with Gasteiger partial charge < -0.3 is 20.2 Å². The lowest BCUT2D eigenvalue weighted by atomic mass is 9.88. The first kappa shape index (κ1) is 27.6. The Hall–Kier alpha value is -4.46. The first-order valence-electron chi connectivity index (χ1n) is 13.2. The van der Waals surface area contributed by atoms with E-state index < -0.39 is 23.5 Å². The number of aromatic hydroxyl groups is 1. The van der Waals surface area contributed by atoms with Crippen LogP contribution >= 0.6 is 0 Å². The molecular formula is C31H33N3O5. The summed E-state index contributed by atoms with van der Waals surface area (Å²) in [7, 11) is 0. The Kier molecular flexibility index (Phi) is 8.76. The van der Waals surface area contributed by atoms with Crippen LogP contribution in [-0.2, 0) is 11.3 Å². The second kappa shape index (κ2) is 12.4. The van der Waals surface area contributed by atoms with Gasteiger partial charge in [-0.1, -0.05) is 57.5 Å². The molecule has 8 heteroatoms. The van der Waals surface area contributed by atoms with Crippen LogP contribution in [-0.4, -0.2) is 27.9 Å². The first-order valence-corrected chi connectivity index (χ1v) is 13.2. The lowest BCUT2D eigenvalue weighted by molar-refractivity contribution is -0.124. The molecule has 2 aromatic carbocycles. The number of para-hydroxylation sites is 1. The van der Waals surface area contributed by atoms with Crippen LogP contribution < -0.4 is 16.3 Å². The van der Waals surface area contributed by atoms with Crippen molar-refractivity contribution in [1.82, 2.24) is 15.6 Å². The van der Waals surface area contributed by atoms with E-state index >= 15 is 0 Å². The highest BCUT2D eigenvalue weighted by Crippen LogP contribution is 2.36. The minimum absolute atomic E-state index is 0.108. The van der Waals surface area contributed by atoms with Gasteiger partial charge in [0.05, 0.1) is 23.2 Å². The fourth-order valence-corrected chi connectivity index (χ4v) is 4.68. The van der Waals surface area contributed by atoms with Gasteiger partial charge in [0.25, 0.3) is 5.91 Å². The summed E-state index contributed by atoms with van der Waals surface area (Å²) >= 11 is 0. The number of pyridine rings is 1. The lowest BCUT2D eigenvalue weighted by Crippen LogP contribution is -2.50. The van der Waals surface area contributed by atoms with Crippen molar-refractivity contribution >= 4 is 22.8 Å². The number of hydrogen-bond donors (Lipinski definition) is 3. The maximum atomic E-state index is 13.3. The van der Waals surface area contributed by atoms with Gasteiger partial charge in [0.1, 0.15) is 17.4 Å². The van der Waals surface area contributed by atoms with E-state index in [1.54, 1.807) is 54.7 Å². The molecule has 0 radical (unpaired) electrons. The minimum atomic E-state index is -0.742. The standard InChI is InChI=1S/C31H33N3O5/c1-4-19(3)27(30(37)33-18-22-13-8-9-16-32-22)34-29(36)21-12-10-11-20(17-21)23(5-2)26-28(35)24-14-6-7-15-25(24)39-31(26)38/h6-17,19,23,27,35H,4-5,18H2,1-3H3,(H,33,37)(H,34,36)/t19?,23?,27-/m0/s1. The number of benzene rings is 2. The van der Waals surface area contributed by atoms with E-state index in [1.807, 2.05) is 39.0 Å². The van der Waals surface area contributed by atoms with Crippen molar-refractivity contribution in [1.29, 1.82) is 0 Å². The van der Waals surface area contributed by atoms with E-state index in [9.17, 15) is 19.5 Å². The summed E-state index contributed by atoms with van der Waals surface area (Å²) in [6.07, 6.45) is 2.84. The Bertz CT molecular complexity index is 1520. The summed E-state index contributed by atoms with van der Waals surface area (Å²) in [4.78, 5) is 43.5. The van der Waals surface area contributed by atoms with Crippen LogP contribution in [0.2, 0.25) is 0 Å². The van der Waals surface area contributed by atoms with Crippen molar-refractivity contribution in [2.24, 2.45) is 5.92 Å². The summed E-state index contributed by atoms with van der Waals surface area (Å²) in [6.45, 7) is 6.03. The Morgan fingerprint density at radius 3 is 2.49 bits per heavy atom. The molecule has 0 bridgehead atoms. The Morgan fingerprint density at radius 1 is 1.00 bits per heavy atom. The molecule has 3 atom stereocenters. The van der Waals surface area contributed by atoms with E-state index in [-0.39, 0.29) is 29.7 Å². The molecule has 2 aromatic heterocycles. The van der Waals surface area contributed by atoms with Crippen molar-refractivity contribution in [3.63, 3.8) is 0 Å². The number of nitrogens with one attached hydrogen (secondary N) is 2. The molecule has 4 aromatic rings. The highest BCUT2D eigenvalue weighted by Gasteiger charge is 2.28. The Labute approximate surface area is 227 Å². The van der Waals surface area contributed by atoms with Gasteiger partial charge in [0, 0.05) is 17.7 Å². The zero-order valence-corrected chi connectivity index (χ0v) is 22.3. The predicted molar refractivity (Wildman–Crippen MR) is 150 cm³/mol. The molecule has 202 valence electrons. The molecule has 2 heterocycles. The van der Waals surface area contributed by atoms with Crippen LogP contribution in [0.4, 0.5) is 0 Å². The number of carbonyl (C=O) groups is 2. The van der Waals surface area contributed by atoms with Crippen LogP contribution in [0, 0.1) is 5.92 Å². The fourth-order valence-electron chi connectivity index (χ4n) is 4.68. The van der Waals surface area contributed by atoms with Crippen LogP contribution in [0.25, 0.3) is 11.0 Å². The average Bonchev–Trinajstić information content (AvgIpc) is 2.96. The van der Waals surface area contributed by atoms with Crippen molar-refractivity contribution in [2.45, 2.75) is 52.1 Å². The molecule has 0 aliphatic carbocycles. The summed E-state index contributed by atoms with van der Waals surface area (Å²) in [5, 5.41) is 17.2. The largest absolute Gasteiger partial charge is 0.507 e. The van der Waals surface area contributed by atoms with Crippen molar-refractivity contribution in [2.75, 3.05) is 0 Å². The minimum Gasteiger partial charge on any atom is -0.507 e.